The maximum absolute atomic E-state index is 12.2. The summed E-state index contributed by atoms with van der Waals surface area (Å²) in [6.45, 7) is 8.35. The Morgan fingerprint density at radius 2 is 1.31 bits per heavy atom. The monoisotopic (exact) mass is 439 g/mol. The number of unbranched alkanes of at least 4 members (excludes halogenated alkanes) is 2. The predicted molar refractivity (Wildman–Crippen MR) is 114 cm³/mol. The van der Waals surface area contributed by atoms with Crippen molar-refractivity contribution in [3.63, 3.8) is 0 Å². The van der Waals surface area contributed by atoms with Crippen LogP contribution >= 0.6 is 0 Å². The minimum atomic E-state index is -4.76. The van der Waals surface area contributed by atoms with Crippen molar-refractivity contribution in [2.75, 3.05) is 13.2 Å². The number of carbonyl (C=O) groups is 2. The number of ether oxygens (including phenoxy) is 2. The van der Waals surface area contributed by atoms with E-state index in [1.807, 2.05) is 13.8 Å². The van der Waals surface area contributed by atoms with E-state index in [1.54, 1.807) is 0 Å². The Bertz CT molecular complexity index is 551. The van der Waals surface area contributed by atoms with Crippen molar-refractivity contribution >= 4 is 22.1 Å². The van der Waals surface area contributed by atoms with Gasteiger partial charge < -0.3 is 15.6 Å². The second-order valence-corrected chi connectivity index (χ2v) is 8.95. The number of esters is 2. The summed E-state index contributed by atoms with van der Waals surface area (Å²) in [5.74, 6) is -1.61. The highest BCUT2D eigenvalue weighted by Crippen LogP contribution is 2.17. The number of carbonyl (C=O) groups excluding carboxylic acids is 2. The maximum Gasteiger partial charge on any atom is 0.327 e. The molecule has 0 heterocycles. The number of rotatable bonds is 16. The van der Waals surface area contributed by atoms with Crippen LogP contribution in [0.3, 0.4) is 0 Å². The smallest absolute Gasteiger partial charge is 0.327 e. The van der Waals surface area contributed by atoms with E-state index in [0.29, 0.717) is 0 Å². The van der Waals surface area contributed by atoms with Crippen LogP contribution in [0.15, 0.2) is 0 Å². The van der Waals surface area contributed by atoms with Crippen LogP contribution in [0.5, 0.6) is 0 Å². The zero-order chi connectivity index (χ0) is 21.6. The van der Waals surface area contributed by atoms with Crippen LogP contribution in [0.25, 0.3) is 0 Å². The Balaban J connectivity index is 0. The summed E-state index contributed by atoms with van der Waals surface area (Å²) in [6.07, 6.45) is 6.74. The first-order valence-corrected chi connectivity index (χ1v) is 12.0. The molecular weight excluding hydrogens is 398 g/mol. The summed E-state index contributed by atoms with van der Waals surface area (Å²) in [4.78, 5) is 24.2. The van der Waals surface area contributed by atoms with E-state index in [4.69, 9.17) is 9.47 Å². The summed E-state index contributed by atoms with van der Waals surface area (Å²) in [6, 6.07) is 0. The van der Waals surface area contributed by atoms with Gasteiger partial charge in [-0.2, -0.15) is 8.42 Å². The van der Waals surface area contributed by atoms with E-state index in [0.717, 1.165) is 51.4 Å². The summed E-state index contributed by atoms with van der Waals surface area (Å²) in [7, 11) is -4.76. The summed E-state index contributed by atoms with van der Waals surface area (Å²) < 4.78 is 42.8. The largest absolute Gasteiger partial charge is 0.465 e. The molecule has 29 heavy (non-hydrogen) atoms. The van der Waals surface area contributed by atoms with E-state index in [1.165, 1.54) is 0 Å². The Kier molecular flexibility index (Phi) is 17.2. The molecule has 174 valence electrons. The molecule has 0 aromatic rings. The maximum atomic E-state index is 12.2. The van der Waals surface area contributed by atoms with Crippen molar-refractivity contribution < 1.29 is 32.0 Å². The summed E-state index contributed by atoms with van der Waals surface area (Å²) >= 11 is 0. The lowest BCUT2D eigenvalue weighted by Gasteiger charge is -2.18. The van der Waals surface area contributed by atoms with Gasteiger partial charge >= 0.3 is 11.9 Å². The zero-order valence-corrected chi connectivity index (χ0v) is 19.3. The van der Waals surface area contributed by atoms with Gasteiger partial charge in [-0.25, -0.2) is 0 Å². The van der Waals surface area contributed by atoms with Crippen LogP contribution < -0.4 is 6.15 Å². The normalized spacial score (nSPS) is 14.4. The highest BCUT2D eigenvalue weighted by molar-refractivity contribution is 7.87. The Morgan fingerprint density at radius 3 is 1.69 bits per heavy atom. The minimum Gasteiger partial charge on any atom is -0.465 e. The molecule has 0 aliphatic heterocycles. The first-order chi connectivity index (χ1) is 13.2. The van der Waals surface area contributed by atoms with Gasteiger partial charge in [-0.15, -0.1) is 0 Å². The van der Waals surface area contributed by atoms with Crippen molar-refractivity contribution in [2.45, 2.75) is 90.7 Å². The third-order valence-electron chi connectivity index (χ3n) is 5.00. The topological polar surface area (TPSA) is 142 Å². The first kappa shape index (κ1) is 30.0. The third kappa shape index (κ3) is 13.6. The van der Waals surface area contributed by atoms with E-state index in [-0.39, 0.29) is 31.2 Å². The van der Waals surface area contributed by atoms with Gasteiger partial charge in [0.2, 0.25) is 0 Å². The molecule has 0 aliphatic carbocycles. The van der Waals surface area contributed by atoms with E-state index >= 15 is 0 Å². The standard InChI is InChI=1S/C20H38O7S.H3N/c1-5-9-11-16(7-3)14-26-19(21)13-18(28(23,24)25)20(22)27-15-17(8-4)12-10-6-2;/h16-18H,5-15H2,1-4H3,(H,23,24,25);1H3. The first-order valence-electron chi connectivity index (χ1n) is 10.5. The van der Waals surface area contributed by atoms with Crippen LogP contribution in [0.1, 0.15) is 85.5 Å². The highest BCUT2D eigenvalue weighted by atomic mass is 32.2. The summed E-state index contributed by atoms with van der Waals surface area (Å²) in [5, 5.41) is -1.95. The number of hydrogen-bond acceptors (Lipinski definition) is 7. The summed E-state index contributed by atoms with van der Waals surface area (Å²) in [5.41, 5.74) is 0. The van der Waals surface area contributed by atoms with Crippen LogP contribution in [-0.4, -0.2) is 43.4 Å². The van der Waals surface area contributed by atoms with Crippen molar-refractivity contribution in [1.82, 2.24) is 6.15 Å². The lowest BCUT2D eigenvalue weighted by Crippen LogP contribution is -2.35. The minimum absolute atomic E-state index is 0. The van der Waals surface area contributed by atoms with E-state index in [2.05, 4.69) is 13.8 Å². The average Bonchev–Trinajstić information content (AvgIpc) is 2.65. The van der Waals surface area contributed by atoms with Crippen LogP contribution in [0.2, 0.25) is 0 Å². The molecule has 0 spiro atoms. The second-order valence-electron chi connectivity index (χ2n) is 7.35. The van der Waals surface area contributed by atoms with Crippen LogP contribution in [0.4, 0.5) is 0 Å². The lowest BCUT2D eigenvalue weighted by molar-refractivity contribution is -0.151. The zero-order valence-electron chi connectivity index (χ0n) is 18.5. The van der Waals surface area contributed by atoms with E-state index in [9.17, 15) is 22.6 Å². The van der Waals surface area contributed by atoms with Gasteiger partial charge in [-0.05, 0) is 24.7 Å². The van der Waals surface area contributed by atoms with Gasteiger partial charge in [-0.3, -0.25) is 14.1 Å². The molecule has 0 aliphatic rings. The molecule has 8 nitrogen and oxygen atoms in total. The highest BCUT2D eigenvalue weighted by Gasteiger charge is 2.36. The fraction of sp³-hybridized carbons (Fsp3) is 0.900. The van der Waals surface area contributed by atoms with Gasteiger partial charge in [0, 0.05) is 0 Å². The van der Waals surface area contributed by atoms with Crippen LogP contribution in [-0.2, 0) is 29.2 Å². The SMILES string of the molecule is CCCCC(CC)COC(=O)CC(C(=O)OCC(CC)CCCC)S(=O)(=O)O.N. The Hall–Kier alpha value is -1.19. The average molecular weight is 440 g/mol. The molecular formula is C20H41NO7S. The Labute approximate surface area is 176 Å². The van der Waals surface area contributed by atoms with Crippen molar-refractivity contribution in [1.29, 1.82) is 0 Å². The fourth-order valence-corrected chi connectivity index (χ4v) is 3.48. The fourth-order valence-electron chi connectivity index (χ4n) is 2.82. The molecule has 0 aromatic heterocycles. The van der Waals surface area contributed by atoms with Gasteiger partial charge in [0.1, 0.15) is 0 Å². The molecule has 0 fully saturated rings. The molecule has 0 saturated heterocycles. The van der Waals surface area contributed by atoms with Crippen molar-refractivity contribution in [3.05, 3.63) is 0 Å². The van der Waals surface area contributed by atoms with Gasteiger partial charge in [0.05, 0.1) is 19.6 Å². The van der Waals surface area contributed by atoms with E-state index < -0.39 is 33.7 Å². The molecule has 3 atom stereocenters. The van der Waals surface area contributed by atoms with Crippen LogP contribution in [0, 0.1) is 11.8 Å². The molecule has 9 heteroatoms. The van der Waals surface area contributed by atoms with Gasteiger partial charge in [0.15, 0.2) is 5.25 Å². The number of hydrogen-bond donors (Lipinski definition) is 2. The van der Waals surface area contributed by atoms with Crippen molar-refractivity contribution in [2.24, 2.45) is 11.8 Å². The molecule has 0 rings (SSSR count). The van der Waals surface area contributed by atoms with Crippen molar-refractivity contribution in [3.8, 4) is 0 Å². The second kappa shape index (κ2) is 16.6. The third-order valence-corrected chi connectivity index (χ3v) is 6.08. The Morgan fingerprint density at radius 1 is 0.862 bits per heavy atom. The molecule has 0 bridgehead atoms. The molecule has 3 unspecified atom stereocenters. The quantitative estimate of drug-likeness (QED) is 0.267. The molecule has 0 saturated carbocycles. The molecule has 4 N–H and O–H groups in total. The predicted octanol–water partition coefficient (Wildman–Crippen LogP) is 4.31. The van der Waals surface area contributed by atoms with Gasteiger partial charge in [-0.1, -0.05) is 66.2 Å². The molecule has 0 amide bonds. The molecule has 0 radical (unpaired) electrons. The lowest BCUT2D eigenvalue weighted by atomic mass is 10.0. The van der Waals surface area contributed by atoms with Gasteiger partial charge in [0.25, 0.3) is 10.1 Å². The molecule has 0 aromatic carbocycles.